The first kappa shape index (κ1) is 9.85. The normalized spacial score (nSPS) is 10.2. The Morgan fingerprint density at radius 2 is 2.53 bits per heavy atom. The van der Waals surface area contributed by atoms with Crippen molar-refractivity contribution in [2.24, 2.45) is 0 Å². The molecule has 0 aliphatic carbocycles. The molecule has 0 radical (unpaired) electrons. The SMILES string of the molecule is COC(=O)Cn1ccc(-c2nccs2)n1. The summed E-state index contributed by atoms with van der Waals surface area (Å²) in [5.41, 5.74) is 0.772. The summed E-state index contributed by atoms with van der Waals surface area (Å²) in [6.45, 7) is 0.127. The summed E-state index contributed by atoms with van der Waals surface area (Å²) < 4.78 is 6.07. The van der Waals surface area contributed by atoms with Gasteiger partial charge in [0.15, 0.2) is 0 Å². The molecule has 2 heterocycles. The van der Waals surface area contributed by atoms with Gasteiger partial charge >= 0.3 is 5.97 Å². The molecule has 0 N–H and O–H groups in total. The Bertz CT molecular complexity index is 450. The Labute approximate surface area is 90.3 Å². The lowest BCUT2D eigenvalue weighted by Gasteiger charge is -1.98. The summed E-state index contributed by atoms with van der Waals surface area (Å²) in [7, 11) is 1.35. The van der Waals surface area contributed by atoms with Gasteiger partial charge in [-0.2, -0.15) is 5.10 Å². The van der Waals surface area contributed by atoms with Gasteiger partial charge in [-0.05, 0) is 6.07 Å². The Hall–Kier alpha value is -1.69. The van der Waals surface area contributed by atoms with Crippen LogP contribution < -0.4 is 0 Å². The molecule has 0 aromatic carbocycles. The van der Waals surface area contributed by atoms with Crippen LogP contribution in [-0.2, 0) is 16.1 Å². The number of thiazole rings is 1. The van der Waals surface area contributed by atoms with E-state index in [1.54, 1.807) is 12.4 Å². The monoisotopic (exact) mass is 223 g/mol. The number of ether oxygens (including phenoxy) is 1. The summed E-state index contributed by atoms with van der Waals surface area (Å²) in [5.74, 6) is -0.316. The molecular formula is C9H9N3O2S. The van der Waals surface area contributed by atoms with Gasteiger partial charge in [0.1, 0.15) is 17.2 Å². The quantitative estimate of drug-likeness (QED) is 0.733. The molecule has 0 bridgehead atoms. The molecule has 78 valence electrons. The van der Waals surface area contributed by atoms with E-state index in [1.165, 1.54) is 23.1 Å². The third-order valence-electron chi connectivity index (χ3n) is 1.81. The fourth-order valence-corrected chi connectivity index (χ4v) is 1.71. The molecule has 2 aromatic heterocycles. The van der Waals surface area contributed by atoms with E-state index in [0.29, 0.717) is 0 Å². The molecule has 0 amide bonds. The maximum absolute atomic E-state index is 11.0. The topological polar surface area (TPSA) is 57.0 Å². The van der Waals surface area contributed by atoms with Crippen LogP contribution in [0.15, 0.2) is 23.8 Å². The molecule has 5 nitrogen and oxygen atoms in total. The number of carbonyl (C=O) groups is 1. The van der Waals surface area contributed by atoms with E-state index >= 15 is 0 Å². The minimum Gasteiger partial charge on any atom is -0.468 e. The average Bonchev–Trinajstić information content (AvgIpc) is 2.85. The van der Waals surface area contributed by atoms with Gasteiger partial charge in [0, 0.05) is 17.8 Å². The van der Waals surface area contributed by atoms with Crippen LogP contribution in [0.4, 0.5) is 0 Å². The van der Waals surface area contributed by atoms with E-state index in [9.17, 15) is 4.79 Å². The summed E-state index contributed by atoms with van der Waals surface area (Å²) in [5, 5.41) is 6.93. The Balaban J connectivity index is 2.14. The highest BCUT2D eigenvalue weighted by molar-refractivity contribution is 7.13. The van der Waals surface area contributed by atoms with Gasteiger partial charge in [-0.3, -0.25) is 9.48 Å². The largest absolute Gasteiger partial charge is 0.468 e. The maximum atomic E-state index is 11.0. The van der Waals surface area contributed by atoms with Crippen LogP contribution in [0.3, 0.4) is 0 Å². The van der Waals surface area contributed by atoms with Crippen molar-refractivity contribution in [3.63, 3.8) is 0 Å². The van der Waals surface area contributed by atoms with Crippen molar-refractivity contribution in [1.82, 2.24) is 14.8 Å². The zero-order valence-corrected chi connectivity index (χ0v) is 8.90. The zero-order chi connectivity index (χ0) is 10.7. The lowest BCUT2D eigenvalue weighted by molar-refractivity contribution is -0.141. The van der Waals surface area contributed by atoms with Gasteiger partial charge in [-0.15, -0.1) is 11.3 Å². The highest BCUT2D eigenvalue weighted by Crippen LogP contribution is 2.18. The van der Waals surface area contributed by atoms with Crippen molar-refractivity contribution in [2.45, 2.75) is 6.54 Å². The Morgan fingerprint density at radius 3 is 3.20 bits per heavy atom. The highest BCUT2D eigenvalue weighted by Gasteiger charge is 2.07. The van der Waals surface area contributed by atoms with E-state index in [2.05, 4.69) is 14.8 Å². The highest BCUT2D eigenvalue weighted by atomic mass is 32.1. The van der Waals surface area contributed by atoms with E-state index in [4.69, 9.17) is 0 Å². The molecule has 0 unspecified atom stereocenters. The van der Waals surface area contributed by atoms with Crippen LogP contribution in [0, 0.1) is 0 Å². The number of nitrogens with zero attached hydrogens (tertiary/aromatic N) is 3. The summed E-state index contributed by atoms with van der Waals surface area (Å²) in [6.07, 6.45) is 3.45. The van der Waals surface area contributed by atoms with Crippen LogP contribution in [-0.4, -0.2) is 27.8 Å². The minimum atomic E-state index is -0.316. The molecular weight excluding hydrogens is 214 g/mol. The van der Waals surface area contributed by atoms with Gasteiger partial charge in [0.25, 0.3) is 0 Å². The van der Waals surface area contributed by atoms with Crippen LogP contribution in [0.5, 0.6) is 0 Å². The van der Waals surface area contributed by atoms with Crippen molar-refractivity contribution in [3.05, 3.63) is 23.8 Å². The molecule has 0 aliphatic rings. The van der Waals surface area contributed by atoms with Crippen LogP contribution in [0.1, 0.15) is 0 Å². The van der Waals surface area contributed by atoms with Crippen LogP contribution >= 0.6 is 11.3 Å². The van der Waals surface area contributed by atoms with Crippen molar-refractivity contribution < 1.29 is 9.53 Å². The molecule has 6 heteroatoms. The first-order valence-corrected chi connectivity index (χ1v) is 5.17. The molecule has 0 aliphatic heterocycles. The first-order valence-electron chi connectivity index (χ1n) is 4.30. The molecule has 0 atom stereocenters. The molecule has 15 heavy (non-hydrogen) atoms. The number of rotatable bonds is 3. The van der Waals surface area contributed by atoms with E-state index in [-0.39, 0.29) is 12.5 Å². The van der Waals surface area contributed by atoms with E-state index < -0.39 is 0 Å². The Kier molecular flexibility index (Phi) is 2.77. The smallest absolute Gasteiger partial charge is 0.327 e. The van der Waals surface area contributed by atoms with Crippen molar-refractivity contribution >= 4 is 17.3 Å². The fourth-order valence-electron chi connectivity index (χ4n) is 1.11. The van der Waals surface area contributed by atoms with Gasteiger partial charge in [-0.1, -0.05) is 0 Å². The number of esters is 1. The summed E-state index contributed by atoms with van der Waals surface area (Å²) in [6, 6.07) is 1.82. The summed E-state index contributed by atoms with van der Waals surface area (Å²) in [4.78, 5) is 15.1. The Morgan fingerprint density at radius 1 is 1.67 bits per heavy atom. The van der Waals surface area contributed by atoms with Crippen molar-refractivity contribution in [2.75, 3.05) is 7.11 Å². The van der Waals surface area contributed by atoms with Crippen LogP contribution in [0.2, 0.25) is 0 Å². The number of methoxy groups -OCH3 is 1. The molecule has 0 saturated carbocycles. The molecule has 2 rings (SSSR count). The van der Waals surface area contributed by atoms with Gasteiger partial charge in [0.2, 0.25) is 0 Å². The second kappa shape index (κ2) is 4.22. The third kappa shape index (κ3) is 2.21. The third-order valence-corrected chi connectivity index (χ3v) is 2.61. The average molecular weight is 223 g/mol. The van der Waals surface area contributed by atoms with Crippen molar-refractivity contribution in [1.29, 1.82) is 0 Å². The predicted octanol–water partition coefficient (Wildman–Crippen LogP) is 1.18. The second-order valence-electron chi connectivity index (χ2n) is 2.81. The van der Waals surface area contributed by atoms with Gasteiger partial charge < -0.3 is 4.74 Å². The molecule has 0 fully saturated rings. The maximum Gasteiger partial charge on any atom is 0.327 e. The number of hydrogen-bond donors (Lipinski definition) is 0. The standard InChI is InChI=1S/C9H9N3O2S/c1-14-8(13)6-12-4-2-7(11-12)9-10-3-5-15-9/h2-5H,6H2,1H3. The molecule has 0 saturated heterocycles. The van der Waals surface area contributed by atoms with E-state index in [1.807, 2.05) is 11.4 Å². The lowest BCUT2D eigenvalue weighted by atomic mass is 10.5. The fraction of sp³-hybridized carbons (Fsp3) is 0.222. The summed E-state index contributed by atoms with van der Waals surface area (Å²) >= 11 is 1.51. The van der Waals surface area contributed by atoms with Gasteiger partial charge in [-0.25, -0.2) is 4.98 Å². The number of hydrogen-bond acceptors (Lipinski definition) is 5. The second-order valence-corrected chi connectivity index (χ2v) is 3.71. The van der Waals surface area contributed by atoms with E-state index in [0.717, 1.165) is 10.7 Å². The number of aromatic nitrogens is 3. The predicted molar refractivity (Wildman–Crippen MR) is 55.4 cm³/mol. The lowest BCUT2D eigenvalue weighted by Crippen LogP contribution is -2.11. The minimum absolute atomic E-state index is 0.127. The molecule has 0 spiro atoms. The molecule has 2 aromatic rings. The number of carbonyl (C=O) groups excluding carboxylic acids is 1. The van der Waals surface area contributed by atoms with Gasteiger partial charge in [0.05, 0.1) is 7.11 Å². The first-order chi connectivity index (χ1) is 7.29. The van der Waals surface area contributed by atoms with Crippen LogP contribution in [0.25, 0.3) is 10.7 Å². The zero-order valence-electron chi connectivity index (χ0n) is 8.08. The van der Waals surface area contributed by atoms with Crippen molar-refractivity contribution in [3.8, 4) is 10.7 Å².